The van der Waals surface area contributed by atoms with Crippen molar-refractivity contribution in [3.8, 4) is 11.5 Å². The van der Waals surface area contributed by atoms with Gasteiger partial charge in [0.05, 0.1) is 0 Å². The third-order valence-corrected chi connectivity index (χ3v) is 2.40. The van der Waals surface area contributed by atoms with Gasteiger partial charge in [0, 0.05) is 6.04 Å². The molecule has 0 spiro atoms. The summed E-state index contributed by atoms with van der Waals surface area (Å²) in [5.74, 6) is 0.784. The van der Waals surface area contributed by atoms with Gasteiger partial charge in [0.25, 0.3) is 0 Å². The lowest BCUT2D eigenvalue weighted by molar-refractivity contribution is 0.177. The number of aromatic hydroxyl groups is 1. The van der Waals surface area contributed by atoms with Crippen molar-refractivity contribution < 1.29 is 14.6 Å². The fourth-order valence-electron chi connectivity index (χ4n) is 1.40. The van der Waals surface area contributed by atoms with Gasteiger partial charge < -0.3 is 20.5 Å². The van der Waals surface area contributed by atoms with Crippen LogP contribution in [0.15, 0.2) is 24.3 Å². The summed E-state index contributed by atoms with van der Waals surface area (Å²) >= 11 is 0. The molecule has 1 aromatic carbocycles. The summed E-state index contributed by atoms with van der Waals surface area (Å²) in [5, 5.41) is 14.6. The molecule has 1 aliphatic rings. The Hall–Kier alpha value is -1.91. The lowest BCUT2D eigenvalue weighted by Crippen LogP contribution is -2.44. The van der Waals surface area contributed by atoms with E-state index < -0.39 is 6.23 Å². The maximum atomic E-state index is 11.4. The molecule has 0 saturated heterocycles. The highest BCUT2D eigenvalue weighted by atomic mass is 16.5. The van der Waals surface area contributed by atoms with E-state index in [4.69, 9.17) is 9.84 Å². The molecule has 3 N–H and O–H groups in total. The van der Waals surface area contributed by atoms with Gasteiger partial charge in [0.15, 0.2) is 6.23 Å². The highest BCUT2D eigenvalue weighted by Gasteiger charge is 2.23. The zero-order valence-corrected chi connectivity index (χ0v) is 9.64. The van der Waals surface area contributed by atoms with Crippen molar-refractivity contribution in [2.75, 3.05) is 0 Å². The van der Waals surface area contributed by atoms with Gasteiger partial charge in [-0.15, -0.1) is 0 Å². The van der Waals surface area contributed by atoms with E-state index in [1.807, 2.05) is 0 Å². The van der Waals surface area contributed by atoms with Gasteiger partial charge in [-0.1, -0.05) is 0 Å². The minimum Gasteiger partial charge on any atom is -0.508 e. The summed E-state index contributed by atoms with van der Waals surface area (Å²) in [6.45, 7) is 1.75. The van der Waals surface area contributed by atoms with E-state index in [0.29, 0.717) is 11.8 Å². The number of rotatable bonds is 4. The second-order valence-electron chi connectivity index (χ2n) is 4.15. The molecule has 17 heavy (non-hydrogen) atoms. The molecule has 1 aromatic rings. The van der Waals surface area contributed by atoms with Crippen LogP contribution in [-0.4, -0.2) is 23.4 Å². The molecule has 1 saturated carbocycles. The molecule has 0 aromatic heterocycles. The molecule has 92 valence electrons. The molecule has 1 unspecified atom stereocenters. The SMILES string of the molecule is CC(NC(=O)NC1CC1)Oc1ccc(O)cc1. The number of hydrogen-bond donors (Lipinski definition) is 3. The van der Waals surface area contributed by atoms with E-state index in [0.717, 1.165) is 12.8 Å². The van der Waals surface area contributed by atoms with Crippen LogP contribution in [-0.2, 0) is 0 Å². The zero-order chi connectivity index (χ0) is 12.3. The summed E-state index contributed by atoms with van der Waals surface area (Å²) < 4.78 is 5.46. The van der Waals surface area contributed by atoms with E-state index in [2.05, 4.69) is 10.6 Å². The quantitative estimate of drug-likeness (QED) is 0.695. The molecule has 0 radical (unpaired) electrons. The molecule has 0 aliphatic heterocycles. The van der Waals surface area contributed by atoms with Crippen LogP contribution in [0.25, 0.3) is 0 Å². The first-order valence-corrected chi connectivity index (χ1v) is 5.66. The number of nitrogens with one attached hydrogen (secondary N) is 2. The number of phenols is 1. The third kappa shape index (κ3) is 3.86. The van der Waals surface area contributed by atoms with Crippen molar-refractivity contribution in [2.24, 2.45) is 0 Å². The molecule has 0 bridgehead atoms. The first-order valence-electron chi connectivity index (χ1n) is 5.66. The molecule has 0 heterocycles. The van der Waals surface area contributed by atoms with Gasteiger partial charge in [0.1, 0.15) is 11.5 Å². The Morgan fingerprint density at radius 1 is 1.41 bits per heavy atom. The fraction of sp³-hybridized carbons (Fsp3) is 0.417. The molecule has 2 amide bonds. The molecular formula is C12H16N2O3. The molecular weight excluding hydrogens is 220 g/mol. The van der Waals surface area contributed by atoms with Crippen LogP contribution in [0.1, 0.15) is 19.8 Å². The minimum atomic E-state index is -0.418. The predicted molar refractivity (Wildman–Crippen MR) is 62.9 cm³/mol. The van der Waals surface area contributed by atoms with Gasteiger partial charge in [-0.25, -0.2) is 4.79 Å². The Bertz CT molecular complexity index is 387. The fourth-order valence-corrected chi connectivity index (χ4v) is 1.40. The maximum Gasteiger partial charge on any atom is 0.317 e. The second-order valence-corrected chi connectivity index (χ2v) is 4.15. The molecule has 1 fully saturated rings. The number of urea groups is 1. The summed E-state index contributed by atoms with van der Waals surface area (Å²) in [4.78, 5) is 11.4. The lowest BCUT2D eigenvalue weighted by Gasteiger charge is -2.16. The second kappa shape index (κ2) is 4.95. The van der Waals surface area contributed by atoms with E-state index in [9.17, 15) is 4.79 Å². The van der Waals surface area contributed by atoms with E-state index in [-0.39, 0.29) is 11.8 Å². The number of carbonyl (C=O) groups is 1. The Kier molecular flexibility index (Phi) is 3.37. The number of benzene rings is 1. The van der Waals surface area contributed by atoms with E-state index >= 15 is 0 Å². The van der Waals surface area contributed by atoms with Gasteiger partial charge in [-0.05, 0) is 44.0 Å². The Balaban J connectivity index is 1.77. The Labute approximate surface area is 99.8 Å². The predicted octanol–water partition coefficient (Wildman–Crippen LogP) is 1.58. The van der Waals surface area contributed by atoms with Gasteiger partial charge in [-0.3, -0.25) is 0 Å². The van der Waals surface area contributed by atoms with Crippen molar-refractivity contribution in [2.45, 2.75) is 32.0 Å². The zero-order valence-electron chi connectivity index (χ0n) is 9.64. The minimum absolute atomic E-state index is 0.185. The third-order valence-electron chi connectivity index (χ3n) is 2.40. The molecule has 1 aliphatic carbocycles. The largest absolute Gasteiger partial charge is 0.508 e. The molecule has 5 nitrogen and oxygen atoms in total. The monoisotopic (exact) mass is 236 g/mol. The highest BCUT2D eigenvalue weighted by Crippen LogP contribution is 2.18. The van der Waals surface area contributed by atoms with E-state index in [1.54, 1.807) is 19.1 Å². The van der Waals surface area contributed by atoms with Crippen LogP contribution in [0.5, 0.6) is 11.5 Å². The van der Waals surface area contributed by atoms with Crippen LogP contribution in [0.2, 0.25) is 0 Å². The molecule has 2 rings (SSSR count). The van der Waals surface area contributed by atoms with Crippen LogP contribution in [0.3, 0.4) is 0 Å². The van der Waals surface area contributed by atoms with Crippen molar-refractivity contribution >= 4 is 6.03 Å². The van der Waals surface area contributed by atoms with Crippen molar-refractivity contribution in [3.05, 3.63) is 24.3 Å². The number of ether oxygens (including phenoxy) is 1. The summed E-state index contributed by atoms with van der Waals surface area (Å²) in [6.07, 6.45) is 1.69. The normalized spacial score (nSPS) is 16.1. The number of phenolic OH excluding ortho intramolecular Hbond substituents is 1. The van der Waals surface area contributed by atoms with Crippen molar-refractivity contribution in [1.82, 2.24) is 10.6 Å². The Morgan fingerprint density at radius 3 is 2.65 bits per heavy atom. The Morgan fingerprint density at radius 2 is 2.06 bits per heavy atom. The number of amides is 2. The van der Waals surface area contributed by atoms with Gasteiger partial charge >= 0.3 is 6.03 Å². The average Bonchev–Trinajstić information content (AvgIpc) is 3.05. The van der Waals surface area contributed by atoms with Crippen LogP contribution in [0.4, 0.5) is 4.79 Å². The van der Waals surface area contributed by atoms with E-state index in [1.165, 1.54) is 12.1 Å². The first-order chi connectivity index (χ1) is 8.13. The highest BCUT2D eigenvalue weighted by molar-refractivity contribution is 5.74. The van der Waals surface area contributed by atoms with Crippen LogP contribution < -0.4 is 15.4 Å². The topological polar surface area (TPSA) is 70.6 Å². The average molecular weight is 236 g/mol. The van der Waals surface area contributed by atoms with Gasteiger partial charge in [0.2, 0.25) is 0 Å². The van der Waals surface area contributed by atoms with Crippen molar-refractivity contribution in [3.63, 3.8) is 0 Å². The standard InChI is InChI=1S/C12H16N2O3/c1-8(13-12(16)14-9-2-3-9)17-11-6-4-10(15)5-7-11/h4-9,15H,2-3H2,1H3,(H2,13,14,16). The lowest BCUT2D eigenvalue weighted by atomic mass is 10.3. The summed E-state index contributed by atoms with van der Waals surface area (Å²) in [7, 11) is 0. The van der Waals surface area contributed by atoms with Crippen LogP contribution >= 0.6 is 0 Å². The first kappa shape index (κ1) is 11.6. The van der Waals surface area contributed by atoms with Crippen LogP contribution in [0, 0.1) is 0 Å². The number of hydrogen-bond acceptors (Lipinski definition) is 3. The van der Waals surface area contributed by atoms with Crippen molar-refractivity contribution in [1.29, 1.82) is 0 Å². The number of carbonyl (C=O) groups excluding carboxylic acids is 1. The molecule has 5 heteroatoms. The maximum absolute atomic E-state index is 11.4. The van der Waals surface area contributed by atoms with Gasteiger partial charge in [-0.2, -0.15) is 0 Å². The molecule has 1 atom stereocenters. The smallest absolute Gasteiger partial charge is 0.317 e. The summed E-state index contributed by atoms with van der Waals surface area (Å²) in [6, 6.07) is 6.48. The summed E-state index contributed by atoms with van der Waals surface area (Å²) in [5.41, 5.74) is 0.